The Kier molecular flexibility index (Phi) is 4.81. The maximum absolute atomic E-state index is 4.03. The summed E-state index contributed by atoms with van der Waals surface area (Å²) in [5.74, 6) is 0. The van der Waals surface area contributed by atoms with Crippen molar-refractivity contribution in [2.24, 2.45) is 0 Å². The predicted molar refractivity (Wildman–Crippen MR) is 67.2 cm³/mol. The quantitative estimate of drug-likeness (QED) is 0.677. The van der Waals surface area contributed by atoms with Gasteiger partial charge in [-0.3, -0.25) is 0 Å². The largest absolute Gasteiger partial charge is 0.311 e. The summed E-state index contributed by atoms with van der Waals surface area (Å²) in [5, 5.41) is 3.56. The van der Waals surface area contributed by atoms with Gasteiger partial charge in [0.05, 0.1) is 0 Å². The van der Waals surface area contributed by atoms with E-state index in [2.05, 4.69) is 37.8 Å². The zero-order valence-electron chi connectivity index (χ0n) is 10.6. The molecular formula is C13H26N2. The molecule has 1 saturated carbocycles. The second-order valence-corrected chi connectivity index (χ2v) is 5.03. The number of nitrogens with zero attached hydrogens (tertiary/aromatic N) is 1. The van der Waals surface area contributed by atoms with E-state index in [1.54, 1.807) is 0 Å². The highest BCUT2D eigenvalue weighted by atomic mass is 15.2. The van der Waals surface area contributed by atoms with E-state index in [9.17, 15) is 0 Å². The molecule has 0 aromatic heterocycles. The van der Waals surface area contributed by atoms with Crippen molar-refractivity contribution in [2.75, 3.05) is 27.2 Å². The van der Waals surface area contributed by atoms with Gasteiger partial charge >= 0.3 is 0 Å². The molecule has 0 radical (unpaired) electrons. The standard InChI is InChI=1S/C13H26N2/c1-5-12(2)10-14-11-13(15(3)4)8-6-7-9-13/h14H,2,5-11H2,1,3-4H3. The van der Waals surface area contributed by atoms with Crippen LogP contribution in [-0.4, -0.2) is 37.6 Å². The van der Waals surface area contributed by atoms with E-state index in [1.165, 1.54) is 31.3 Å². The topological polar surface area (TPSA) is 15.3 Å². The molecular weight excluding hydrogens is 184 g/mol. The molecule has 0 heterocycles. The minimum Gasteiger partial charge on any atom is -0.311 e. The Morgan fingerprint density at radius 3 is 2.40 bits per heavy atom. The summed E-state index contributed by atoms with van der Waals surface area (Å²) < 4.78 is 0. The minimum absolute atomic E-state index is 0.411. The first-order valence-corrected chi connectivity index (χ1v) is 6.15. The Balaban J connectivity index is 2.36. The van der Waals surface area contributed by atoms with Gasteiger partial charge in [0, 0.05) is 18.6 Å². The molecule has 1 rings (SSSR count). The van der Waals surface area contributed by atoms with E-state index in [-0.39, 0.29) is 0 Å². The summed E-state index contributed by atoms with van der Waals surface area (Å²) in [6, 6.07) is 0. The third-order valence-electron chi connectivity index (χ3n) is 3.81. The Morgan fingerprint density at radius 1 is 1.33 bits per heavy atom. The summed E-state index contributed by atoms with van der Waals surface area (Å²) in [4.78, 5) is 2.40. The molecule has 88 valence electrons. The lowest BCUT2D eigenvalue weighted by Gasteiger charge is -2.36. The second-order valence-electron chi connectivity index (χ2n) is 5.03. The molecule has 2 heteroatoms. The van der Waals surface area contributed by atoms with Crippen LogP contribution in [0.25, 0.3) is 0 Å². The van der Waals surface area contributed by atoms with E-state index in [4.69, 9.17) is 0 Å². The SMILES string of the molecule is C=C(CC)CNCC1(N(C)C)CCCC1. The second kappa shape index (κ2) is 5.66. The fourth-order valence-corrected chi connectivity index (χ4v) is 2.41. The lowest BCUT2D eigenvalue weighted by atomic mass is 9.96. The van der Waals surface area contributed by atoms with Gasteiger partial charge in [-0.15, -0.1) is 0 Å². The van der Waals surface area contributed by atoms with Crippen molar-refractivity contribution in [2.45, 2.75) is 44.6 Å². The van der Waals surface area contributed by atoms with Gasteiger partial charge in [0.2, 0.25) is 0 Å². The molecule has 1 fully saturated rings. The van der Waals surface area contributed by atoms with Gasteiger partial charge in [-0.05, 0) is 33.4 Å². The minimum atomic E-state index is 0.411. The zero-order chi connectivity index (χ0) is 11.3. The van der Waals surface area contributed by atoms with Gasteiger partial charge in [0.25, 0.3) is 0 Å². The van der Waals surface area contributed by atoms with Crippen LogP contribution in [0.2, 0.25) is 0 Å². The van der Waals surface area contributed by atoms with Gasteiger partial charge in [-0.25, -0.2) is 0 Å². The molecule has 2 nitrogen and oxygen atoms in total. The molecule has 0 aliphatic heterocycles. The number of likely N-dealkylation sites (N-methyl/N-ethyl adjacent to an activating group) is 1. The Morgan fingerprint density at radius 2 is 1.93 bits per heavy atom. The van der Waals surface area contributed by atoms with Gasteiger partial charge < -0.3 is 10.2 Å². The molecule has 0 saturated heterocycles. The van der Waals surface area contributed by atoms with Crippen molar-refractivity contribution < 1.29 is 0 Å². The molecule has 0 aromatic rings. The summed E-state index contributed by atoms with van der Waals surface area (Å²) >= 11 is 0. The van der Waals surface area contributed by atoms with Gasteiger partial charge in [-0.1, -0.05) is 31.9 Å². The van der Waals surface area contributed by atoms with Crippen molar-refractivity contribution in [3.8, 4) is 0 Å². The molecule has 1 aliphatic carbocycles. The summed E-state index contributed by atoms with van der Waals surface area (Å²) in [6.45, 7) is 8.29. The van der Waals surface area contributed by atoms with E-state index in [0.29, 0.717) is 5.54 Å². The smallest absolute Gasteiger partial charge is 0.0328 e. The van der Waals surface area contributed by atoms with E-state index < -0.39 is 0 Å². The summed E-state index contributed by atoms with van der Waals surface area (Å²) in [5.41, 5.74) is 1.72. The van der Waals surface area contributed by atoms with Crippen molar-refractivity contribution in [1.82, 2.24) is 10.2 Å². The number of hydrogen-bond acceptors (Lipinski definition) is 2. The third kappa shape index (κ3) is 3.32. The molecule has 0 aromatic carbocycles. The predicted octanol–water partition coefficient (Wildman–Crippen LogP) is 2.42. The first-order chi connectivity index (χ1) is 7.10. The number of rotatable bonds is 6. The molecule has 1 aliphatic rings. The highest BCUT2D eigenvalue weighted by Crippen LogP contribution is 2.33. The first-order valence-electron chi connectivity index (χ1n) is 6.15. The lowest BCUT2D eigenvalue weighted by molar-refractivity contribution is 0.155. The average molecular weight is 210 g/mol. The molecule has 15 heavy (non-hydrogen) atoms. The fourth-order valence-electron chi connectivity index (χ4n) is 2.41. The lowest BCUT2D eigenvalue weighted by Crippen LogP contribution is -2.49. The van der Waals surface area contributed by atoms with Crippen molar-refractivity contribution >= 4 is 0 Å². The molecule has 0 spiro atoms. The molecule has 0 amide bonds. The van der Waals surface area contributed by atoms with Crippen molar-refractivity contribution in [1.29, 1.82) is 0 Å². The summed E-state index contributed by atoms with van der Waals surface area (Å²) in [7, 11) is 4.42. The van der Waals surface area contributed by atoms with E-state index >= 15 is 0 Å². The third-order valence-corrected chi connectivity index (χ3v) is 3.81. The maximum Gasteiger partial charge on any atom is 0.0328 e. The van der Waals surface area contributed by atoms with Gasteiger partial charge in [0.15, 0.2) is 0 Å². The molecule has 0 bridgehead atoms. The van der Waals surface area contributed by atoms with Crippen LogP contribution in [0.3, 0.4) is 0 Å². The highest BCUT2D eigenvalue weighted by molar-refractivity contribution is 4.99. The van der Waals surface area contributed by atoms with E-state index in [0.717, 1.165) is 19.5 Å². The van der Waals surface area contributed by atoms with E-state index in [1.807, 2.05) is 0 Å². The van der Waals surface area contributed by atoms with Crippen LogP contribution in [0, 0.1) is 0 Å². The van der Waals surface area contributed by atoms with Crippen LogP contribution in [0.4, 0.5) is 0 Å². The van der Waals surface area contributed by atoms with Crippen LogP contribution in [0.5, 0.6) is 0 Å². The maximum atomic E-state index is 4.03. The zero-order valence-corrected chi connectivity index (χ0v) is 10.6. The molecule has 1 N–H and O–H groups in total. The fraction of sp³-hybridized carbons (Fsp3) is 0.846. The summed E-state index contributed by atoms with van der Waals surface area (Å²) in [6.07, 6.45) is 6.53. The Hall–Kier alpha value is -0.340. The average Bonchev–Trinajstić information content (AvgIpc) is 2.67. The molecule has 0 unspecified atom stereocenters. The highest BCUT2D eigenvalue weighted by Gasteiger charge is 2.35. The number of hydrogen-bond donors (Lipinski definition) is 1. The number of nitrogens with one attached hydrogen (secondary N) is 1. The Bertz CT molecular complexity index is 203. The van der Waals surface area contributed by atoms with Crippen molar-refractivity contribution in [3.05, 3.63) is 12.2 Å². The monoisotopic (exact) mass is 210 g/mol. The van der Waals surface area contributed by atoms with Gasteiger partial charge in [0.1, 0.15) is 0 Å². The van der Waals surface area contributed by atoms with Crippen LogP contribution < -0.4 is 5.32 Å². The normalized spacial score (nSPS) is 19.7. The van der Waals surface area contributed by atoms with Crippen LogP contribution >= 0.6 is 0 Å². The van der Waals surface area contributed by atoms with Crippen LogP contribution in [-0.2, 0) is 0 Å². The Labute approximate surface area is 94.7 Å². The van der Waals surface area contributed by atoms with Gasteiger partial charge in [-0.2, -0.15) is 0 Å². The van der Waals surface area contributed by atoms with Crippen LogP contribution in [0.15, 0.2) is 12.2 Å². The molecule has 0 atom stereocenters. The first kappa shape index (κ1) is 12.7. The van der Waals surface area contributed by atoms with Crippen molar-refractivity contribution in [3.63, 3.8) is 0 Å². The van der Waals surface area contributed by atoms with Crippen LogP contribution in [0.1, 0.15) is 39.0 Å².